The Morgan fingerprint density at radius 2 is 1.64 bits per heavy atom. The van der Waals surface area contributed by atoms with E-state index in [0.29, 0.717) is 31.7 Å². The van der Waals surface area contributed by atoms with Crippen molar-refractivity contribution in [2.24, 2.45) is 0 Å². The lowest BCUT2D eigenvalue weighted by molar-refractivity contribution is -0.132. The van der Waals surface area contributed by atoms with Gasteiger partial charge >= 0.3 is 0 Å². The molecule has 1 aliphatic rings. The van der Waals surface area contributed by atoms with Gasteiger partial charge in [0.05, 0.1) is 20.1 Å². The highest BCUT2D eigenvalue weighted by Crippen LogP contribution is 2.17. The summed E-state index contributed by atoms with van der Waals surface area (Å²) in [7, 11) is 1.62. The number of carbonyl (C=O) groups excluding carboxylic acids is 2. The maximum Gasteiger partial charge on any atom is 0.251 e. The van der Waals surface area contributed by atoms with Gasteiger partial charge in [-0.25, -0.2) is 0 Å². The zero-order valence-electron chi connectivity index (χ0n) is 16.1. The molecule has 0 atom stereocenters. The Balaban J connectivity index is 1.37. The summed E-state index contributed by atoms with van der Waals surface area (Å²) in [5, 5.41) is 3.06. The number of hydrogen-bond acceptors (Lipinski definition) is 4. The molecular formula is C22H26N2O4. The molecule has 0 unspecified atom stereocenters. The van der Waals surface area contributed by atoms with Crippen LogP contribution >= 0.6 is 0 Å². The number of rotatable bonds is 7. The quantitative estimate of drug-likeness (QED) is 0.800. The van der Waals surface area contributed by atoms with Crippen LogP contribution in [0.5, 0.6) is 11.5 Å². The van der Waals surface area contributed by atoms with Gasteiger partial charge < -0.3 is 19.7 Å². The number of hydrogen-bond donors (Lipinski definition) is 1. The summed E-state index contributed by atoms with van der Waals surface area (Å²) >= 11 is 0. The van der Waals surface area contributed by atoms with Crippen LogP contribution in [0, 0.1) is 0 Å². The monoisotopic (exact) mass is 382 g/mol. The summed E-state index contributed by atoms with van der Waals surface area (Å²) in [6.45, 7) is 1.65. The predicted octanol–water partition coefficient (Wildman–Crippen LogP) is 2.89. The fourth-order valence-electron chi connectivity index (χ4n) is 3.22. The minimum atomic E-state index is -0.0572. The molecular weight excluding hydrogens is 356 g/mol. The Hall–Kier alpha value is -3.02. The predicted molar refractivity (Wildman–Crippen MR) is 107 cm³/mol. The highest BCUT2D eigenvalue weighted by Gasteiger charge is 2.24. The Bertz CT molecular complexity index is 769. The highest BCUT2D eigenvalue weighted by atomic mass is 16.5. The van der Waals surface area contributed by atoms with Crippen molar-refractivity contribution in [1.82, 2.24) is 10.2 Å². The average molecular weight is 382 g/mol. The number of amides is 2. The van der Waals surface area contributed by atoms with E-state index in [1.807, 2.05) is 47.4 Å². The molecule has 28 heavy (non-hydrogen) atoms. The lowest BCUT2D eigenvalue weighted by Gasteiger charge is -2.32. The number of piperidine rings is 1. The van der Waals surface area contributed by atoms with Crippen LogP contribution in [0.25, 0.3) is 0 Å². The maximum atomic E-state index is 12.4. The molecule has 0 aliphatic carbocycles. The molecule has 2 aromatic rings. The fraction of sp³-hybridized carbons (Fsp3) is 0.364. The first-order valence-electron chi connectivity index (χ1n) is 9.56. The lowest BCUT2D eigenvalue weighted by Crippen LogP contribution is -2.46. The van der Waals surface area contributed by atoms with Crippen molar-refractivity contribution >= 4 is 11.8 Å². The zero-order valence-corrected chi connectivity index (χ0v) is 16.1. The maximum absolute atomic E-state index is 12.4. The molecule has 2 aromatic carbocycles. The molecule has 148 valence electrons. The molecule has 0 spiro atoms. The van der Waals surface area contributed by atoms with Crippen molar-refractivity contribution in [3.05, 3.63) is 60.2 Å². The number of methoxy groups -OCH3 is 1. The number of ether oxygens (including phenoxy) is 2. The van der Waals surface area contributed by atoms with Gasteiger partial charge in [-0.1, -0.05) is 18.2 Å². The number of benzene rings is 2. The first kappa shape index (κ1) is 19.7. The number of nitrogens with zero attached hydrogens (tertiary/aromatic N) is 1. The van der Waals surface area contributed by atoms with E-state index < -0.39 is 0 Å². The van der Waals surface area contributed by atoms with Gasteiger partial charge in [-0.05, 0) is 49.2 Å². The fourth-order valence-corrected chi connectivity index (χ4v) is 3.22. The van der Waals surface area contributed by atoms with Crippen molar-refractivity contribution in [2.45, 2.75) is 25.3 Å². The molecule has 1 heterocycles. The van der Waals surface area contributed by atoms with Crippen LogP contribution < -0.4 is 14.8 Å². The van der Waals surface area contributed by atoms with E-state index in [0.717, 1.165) is 24.3 Å². The standard InChI is InChI=1S/C22H26N2O4/c1-27-19-7-9-20(10-8-19)28-16-13-21(25)24-14-11-18(12-15-24)23-22(26)17-5-3-2-4-6-17/h2-10,18H,11-16H2,1H3,(H,23,26). The van der Waals surface area contributed by atoms with E-state index in [9.17, 15) is 9.59 Å². The van der Waals surface area contributed by atoms with Crippen LogP contribution in [-0.4, -0.2) is 49.6 Å². The van der Waals surface area contributed by atoms with Gasteiger partial charge in [0, 0.05) is 24.7 Å². The number of nitrogens with one attached hydrogen (secondary N) is 1. The molecule has 6 heteroatoms. The lowest BCUT2D eigenvalue weighted by atomic mass is 10.0. The average Bonchev–Trinajstić information content (AvgIpc) is 2.75. The second kappa shape index (κ2) is 9.78. The molecule has 2 amide bonds. The zero-order chi connectivity index (χ0) is 19.8. The van der Waals surface area contributed by atoms with E-state index in [2.05, 4.69) is 5.32 Å². The van der Waals surface area contributed by atoms with Crippen LogP contribution in [0.4, 0.5) is 0 Å². The molecule has 0 aromatic heterocycles. The van der Waals surface area contributed by atoms with E-state index >= 15 is 0 Å². The summed E-state index contributed by atoms with van der Waals surface area (Å²) in [5.41, 5.74) is 0.664. The minimum Gasteiger partial charge on any atom is -0.497 e. The Morgan fingerprint density at radius 3 is 2.29 bits per heavy atom. The van der Waals surface area contributed by atoms with Crippen molar-refractivity contribution < 1.29 is 19.1 Å². The van der Waals surface area contributed by atoms with Crippen LogP contribution in [0.15, 0.2) is 54.6 Å². The molecule has 0 bridgehead atoms. The molecule has 1 fully saturated rings. The minimum absolute atomic E-state index is 0.0572. The normalized spacial score (nSPS) is 14.4. The van der Waals surface area contributed by atoms with E-state index in [1.54, 1.807) is 19.2 Å². The largest absolute Gasteiger partial charge is 0.497 e. The topological polar surface area (TPSA) is 67.9 Å². The third-order valence-electron chi connectivity index (χ3n) is 4.86. The smallest absolute Gasteiger partial charge is 0.251 e. The highest BCUT2D eigenvalue weighted by molar-refractivity contribution is 5.94. The van der Waals surface area contributed by atoms with Gasteiger partial charge in [0.1, 0.15) is 11.5 Å². The van der Waals surface area contributed by atoms with E-state index in [1.165, 1.54) is 0 Å². The third kappa shape index (κ3) is 5.49. The van der Waals surface area contributed by atoms with Crippen LogP contribution in [0.3, 0.4) is 0 Å². The van der Waals surface area contributed by atoms with Gasteiger partial charge in [-0.3, -0.25) is 9.59 Å². The first-order chi connectivity index (χ1) is 13.7. The Morgan fingerprint density at radius 1 is 1.00 bits per heavy atom. The Kier molecular flexibility index (Phi) is 6.89. The molecule has 0 saturated carbocycles. The first-order valence-corrected chi connectivity index (χ1v) is 9.56. The van der Waals surface area contributed by atoms with Crippen LogP contribution in [-0.2, 0) is 4.79 Å². The van der Waals surface area contributed by atoms with Gasteiger partial charge in [0.15, 0.2) is 0 Å². The molecule has 6 nitrogen and oxygen atoms in total. The van der Waals surface area contributed by atoms with Crippen molar-refractivity contribution in [3.63, 3.8) is 0 Å². The van der Waals surface area contributed by atoms with Crippen molar-refractivity contribution in [2.75, 3.05) is 26.8 Å². The summed E-state index contributed by atoms with van der Waals surface area (Å²) in [6, 6.07) is 16.6. The van der Waals surface area contributed by atoms with Gasteiger partial charge in [0.2, 0.25) is 5.91 Å². The molecule has 0 radical (unpaired) electrons. The van der Waals surface area contributed by atoms with Gasteiger partial charge in [-0.15, -0.1) is 0 Å². The molecule has 3 rings (SSSR count). The Labute approximate surface area is 165 Å². The number of carbonyl (C=O) groups is 2. The van der Waals surface area contributed by atoms with E-state index in [4.69, 9.17) is 9.47 Å². The van der Waals surface area contributed by atoms with Gasteiger partial charge in [-0.2, -0.15) is 0 Å². The van der Waals surface area contributed by atoms with E-state index in [-0.39, 0.29) is 17.9 Å². The molecule has 1 saturated heterocycles. The van der Waals surface area contributed by atoms with Crippen LogP contribution in [0.2, 0.25) is 0 Å². The third-order valence-corrected chi connectivity index (χ3v) is 4.86. The SMILES string of the molecule is COc1ccc(OCCC(=O)N2CCC(NC(=O)c3ccccc3)CC2)cc1. The molecule has 1 N–H and O–H groups in total. The molecule has 1 aliphatic heterocycles. The van der Waals surface area contributed by atoms with Gasteiger partial charge in [0.25, 0.3) is 5.91 Å². The summed E-state index contributed by atoms with van der Waals surface area (Å²) in [4.78, 5) is 26.5. The number of likely N-dealkylation sites (tertiary alicyclic amines) is 1. The van der Waals surface area contributed by atoms with Crippen molar-refractivity contribution in [1.29, 1.82) is 0 Å². The summed E-state index contributed by atoms with van der Waals surface area (Å²) < 4.78 is 10.7. The van der Waals surface area contributed by atoms with Crippen molar-refractivity contribution in [3.8, 4) is 11.5 Å². The van der Waals surface area contributed by atoms with Crippen LogP contribution in [0.1, 0.15) is 29.6 Å². The summed E-state index contributed by atoms with van der Waals surface area (Å²) in [5.74, 6) is 1.52. The second-order valence-corrected chi connectivity index (χ2v) is 6.77. The summed E-state index contributed by atoms with van der Waals surface area (Å²) in [6.07, 6.45) is 1.88. The second-order valence-electron chi connectivity index (χ2n) is 6.77.